The van der Waals surface area contributed by atoms with Crippen LogP contribution in [0.1, 0.15) is 43.4 Å². The lowest BCUT2D eigenvalue weighted by Crippen LogP contribution is -2.48. The lowest BCUT2D eigenvalue weighted by Gasteiger charge is -2.29. The molecule has 2 rings (SSSR count). The fraction of sp³-hybridized carbons (Fsp3) is 0.417. The Morgan fingerprint density at radius 3 is 2.33 bits per heavy atom. The summed E-state index contributed by atoms with van der Waals surface area (Å²) in [6.07, 6.45) is 1.94. The van der Waals surface area contributed by atoms with Crippen LogP contribution in [0.5, 0.6) is 0 Å². The molecule has 0 saturated carbocycles. The Morgan fingerprint density at radius 1 is 1.07 bits per heavy atom. The summed E-state index contributed by atoms with van der Waals surface area (Å²) in [5.41, 5.74) is 3.36. The fourth-order valence-corrected chi connectivity index (χ4v) is 3.93. The van der Waals surface area contributed by atoms with E-state index in [1.807, 2.05) is 12.1 Å². The molecule has 2 aromatic carbocycles. The Labute approximate surface area is 189 Å². The minimum atomic E-state index is -0.537. The quantitative estimate of drug-likeness (QED) is 0.481. The van der Waals surface area contributed by atoms with Gasteiger partial charge < -0.3 is 10.2 Å². The monoisotopic (exact) mass is 446 g/mol. The van der Waals surface area contributed by atoms with Crippen LogP contribution in [0.2, 0.25) is 5.02 Å². The zero-order valence-corrected chi connectivity index (χ0v) is 19.6. The Balaban J connectivity index is 2.02. The van der Waals surface area contributed by atoms with Gasteiger partial charge in [-0.05, 0) is 43.5 Å². The van der Waals surface area contributed by atoms with Gasteiger partial charge in [0, 0.05) is 23.9 Å². The maximum atomic E-state index is 13.0. The zero-order chi connectivity index (χ0) is 21.9. The summed E-state index contributed by atoms with van der Waals surface area (Å²) in [4.78, 5) is 27.3. The van der Waals surface area contributed by atoms with E-state index in [4.69, 9.17) is 11.6 Å². The molecule has 2 aromatic rings. The maximum absolute atomic E-state index is 13.0. The van der Waals surface area contributed by atoms with Crippen molar-refractivity contribution in [3.8, 4) is 0 Å². The first kappa shape index (κ1) is 24.3. The van der Waals surface area contributed by atoms with Crippen LogP contribution < -0.4 is 5.32 Å². The van der Waals surface area contributed by atoms with Crippen molar-refractivity contribution < 1.29 is 9.59 Å². The maximum Gasteiger partial charge on any atom is 0.242 e. The first-order chi connectivity index (χ1) is 14.4. The van der Waals surface area contributed by atoms with Crippen LogP contribution in [0, 0.1) is 6.92 Å². The fourth-order valence-electron chi connectivity index (χ4n) is 2.93. The van der Waals surface area contributed by atoms with Gasteiger partial charge in [-0.3, -0.25) is 9.59 Å². The van der Waals surface area contributed by atoms with Gasteiger partial charge in [0.2, 0.25) is 11.8 Å². The predicted molar refractivity (Wildman–Crippen MR) is 127 cm³/mol. The normalized spacial score (nSPS) is 11.7. The number of hydrogen-bond donors (Lipinski definition) is 1. The van der Waals surface area contributed by atoms with Crippen molar-refractivity contribution in [2.45, 2.75) is 52.0 Å². The minimum absolute atomic E-state index is 0.0415. The molecule has 0 aliphatic rings. The minimum Gasteiger partial charge on any atom is -0.354 e. The number of halogens is 1. The molecule has 0 aliphatic carbocycles. The van der Waals surface area contributed by atoms with Crippen LogP contribution in [0.4, 0.5) is 0 Å². The van der Waals surface area contributed by atoms with Crippen LogP contribution in [0.25, 0.3) is 0 Å². The van der Waals surface area contributed by atoms with Crippen molar-refractivity contribution in [1.29, 1.82) is 0 Å². The predicted octanol–water partition coefficient (Wildman–Crippen LogP) is 5.22. The lowest BCUT2D eigenvalue weighted by atomic mass is 10.1. The molecule has 162 valence electrons. The number of amides is 2. The van der Waals surface area contributed by atoms with Crippen molar-refractivity contribution in [1.82, 2.24) is 10.2 Å². The van der Waals surface area contributed by atoms with Gasteiger partial charge in [0.15, 0.2) is 0 Å². The molecule has 0 aromatic heterocycles. The number of nitrogens with one attached hydrogen (secondary N) is 1. The molecule has 0 saturated heterocycles. The van der Waals surface area contributed by atoms with E-state index < -0.39 is 6.04 Å². The van der Waals surface area contributed by atoms with Crippen LogP contribution in [-0.2, 0) is 21.9 Å². The number of benzene rings is 2. The summed E-state index contributed by atoms with van der Waals surface area (Å²) < 4.78 is 0. The highest BCUT2D eigenvalue weighted by Crippen LogP contribution is 2.17. The van der Waals surface area contributed by atoms with Crippen molar-refractivity contribution in [2.75, 3.05) is 12.3 Å². The molecule has 0 spiro atoms. The molecule has 0 unspecified atom stereocenters. The molecular weight excluding hydrogens is 416 g/mol. The number of thioether (sulfide) groups is 1. The van der Waals surface area contributed by atoms with Gasteiger partial charge in [-0.15, -0.1) is 11.8 Å². The molecule has 0 fully saturated rings. The molecule has 6 heteroatoms. The molecule has 0 heterocycles. The molecule has 30 heavy (non-hydrogen) atoms. The van der Waals surface area contributed by atoms with E-state index in [0.29, 0.717) is 23.9 Å². The summed E-state index contributed by atoms with van der Waals surface area (Å²) in [5.74, 6) is 0.931. The van der Waals surface area contributed by atoms with Gasteiger partial charge >= 0.3 is 0 Å². The summed E-state index contributed by atoms with van der Waals surface area (Å²) in [6, 6.07) is 15.2. The number of rotatable bonds is 11. The summed E-state index contributed by atoms with van der Waals surface area (Å²) in [5, 5.41) is 3.59. The summed E-state index contributed by atoms with van der Waals surface area (Å²) in [7, 11) is 0. The van der Waals surface area contributed by atoms with Gasteiger partial charge in [0.1, 0.15) is 6.04 Å². The Bertz CT molecular complexity index is 809. The van der Waals surface area contributed by atoms with Gasteiger partial charge in [-0.25, -0.2) is 0 Å². The van der Waals surface area contributed by atoms with Crippen LogP contribution >= 0.6 is 23.4 Å². The van der Waals surface area contributed by atoms with Crippen LogP contribution in [0.3, 0.4) is 0 Å². The van der Waals surface area contributed by atoms with E-state index in [2.05, 4.69) is 43.4 Å². The second kappa shape index (κ2) is 12.7. The molecule has 4 nitrogen and oxygen atoms in total. The lowest BCUT2D eigenvalue weighted by molar-refractivity contribution is -0.138. The summed E-state index contributed by atoms with van der Waals surface area (Å²) in [6.45, 7) is 6.94. The largest absolute Gasteiger partial charge is 0.354 e. The molecular formula is C24H31ClN2O2S. The highest BCUT2D eigenvalue weighted by molar-refractivity contribution is 7.99. The number of hydrogen-bond acceptors (Lipinski definition) is 3. The van der Waals surface area contributed by atoms with E-state index in [9.17, 15) is 9.59 Å². The van der Waals surface area contributed by atoms with E-state index in [-0.39, 0.29) is 11.8 Å². The molecule has 1 atom stereocenters. The highest BCUT2D eigenvalue weighted by atomic mass is 35.5. The molecule has 0 aliphatic heterocycles. The average molecular weight is 447 g/mol. The van der Waals surface area contributed by atoms with E-state index in [0.717, 1.165) is 24.2 Å². The van der Waals surface area contributed by atoms with Gasteiger partial charge in [-0.2, -0.15) is 0 Å². The third-order valence-electron chi connectivity index (χ3n) is 4.88. The van der Waals surface area contributed by atoms with Crippen LogP contribution in [0.15, 0.2) is 48.5 Å². The van der Waals surface area contributed by atoms with E-state index >= 15 is 0 Å². The smallest absolute Gasteiger partial charge is 0.242 e. The van der Waals surface area contributed by atoms with Crippen LogP contribution in [-0.4, -0.2) is 35.1 Å². The van der Waals surface area contributed by atoms with Gasteiger partial charge in [-0.1, -0.05) is 66.9 Å². The van der Waals surface area contributed by atoms with Crippen molar-refractivity contribution in [3.05, 3.63) is 70.2 Å². The van der Waals surface area contributed by atoms with Crippen molar-refractivity contribution in [3.63, 3.8) is 0 Å². The zero-order valence-electron chi connectivity index (χ0n) is 18.0. The number of unbranched alkanes of at least 4 members (excludes halogenated alkanes) is 1. The second-order valence-electron chi connectivity index (χ2n) is 7.45. The number of carbonyl (C=O) groups is 2. The molecule has 0 radical (unpaired) electrons. The highest BCUT2D eigenvalue weighted by Gasteiger charge is 2.25. The third kappa shape index (κ3) is 8.04. The SMILES string of the molecule is CCCCNC(=O)[C@H](C)N(Cc1ccc(Cl)cc1)C(=O)CSCc1ccc(C)cc1. The molecule has 2 amide bonds. The first-order valence-corrected chi connectivity index (χ1v) is 11.9. The van der Waals surface area contributed by atoms with E-state index in [1.165, 1.54) is 11.1 Å². The van der Waals surface area contributed by atoms with Gasteiger partial charge in [0.05, 0.1) is 5.75 Å². The van der Waals surface area contributed by atoms with Crippen molar-refractivity contribution >= 4 is 35.2 Å². The van der Waals surface area contributed by atoms with E-state index in [1.54, 1.807) is 35.7 Å². The summed E-state index contributed by atoms with van der Waals surface area (Å²) >= 11 is 7.55. The number of nitrogens with zero attached hydrogens (tertiary/aromatic N) is 1. The second-order valence-corrected chi connectivity index (χ2v) is 8.87. The number of aryl methyl sites for hydroxylation is 1. The van der Waals surface area contributed by atoms with Crippen molar-refractivity contribution in [2.24, 2.45) is 0 Å². The first-order valence-electron chi connectivity index (χ1n) is 10.4. The third-order valence-corrected chi connectivity index (χ3v) is 6.12. The molecule has 1 N–H and O–H groups in total. The molecule has 0 bridgehead atoms. The standard InChI is InChI=1S/C24H31ClN2O2S/c1-4-5-14-26-24(29)19(3)27(15-20-10-12-22(25)13-11-20)23(28)17-30-16-21-8-6-18(2)7-9-21/h6-13,19H,4-5,14-17H2,1-3H3,(H,26,29)/t19-/m0/s1. The number of carbonyl (C=O) groups excluding carboxylic acids is 2. The topological polar surface area (TPSA) is 49.4 Å². The Kier molecular flexibility index (Phi) is 10.2. The Hall–Kier alpha value is -1.98. The average Bonchev–Trinajstić information content (AvgIpc) is 2.74. The Morgan fingerprint density at radius 2 is 1.70 bits per heavy atom. The van der Waals surface area contributed by atoms with Gasteiger partial charge in [0.25, 0.3) is 0 Å².